The highest BCUT2D eigenvalue weighted by Gasteiger charge is 2.08. The van der Waals surface area contributed by atoms with Gasteiger partial charge in [0, 0.05) is 12.5 Å². The molecule has 0 radical (unpaired) electrons. The Balaban J connectivity index is 1.88. The van der Waals surface area contributed by atoms with Crippen molar-refractivity contribution in [3.05, 3.63) is 60.2 Å². The first-order valence-electron chi connectivity index (χ1n) is 7.77. The van der Waals surface area contributed by atoms with Crippen LogP contribution in [-0.4, -0.2) is 12.6 Å². The van der Waals surface area contributed by atoms with Gasteiger partial charge in [-0.15, -0.1) is 0 Å². The molecule has 2 rings (SSSR count). The van der Waals surface area contributed by atoms with Crippen molar-refractivity contribution in [3.8, 4) is 11.1 Å². The van der Waals surface area contributed by atoms with Crippen molar-refractivity contribution < 1.29 is 9.53 Å². The van der Waals surface area contributed by atoms with Crippen LogP contribution in [0.25, 0.3) is 11.1 Å². The van der Waals surface area contributed by atoms with Crippen LogP contribution >= 0.6 is 0 Å². The van der Waals surface area contributed by atoms with Crippen LogP contribution in [0.15, 0.2) is 54.6 Å². The van der Waals surface area contributed by atoms with E-state index in [1.54, 1.807) is 0 Å². The average molecular weight is 297 g/mol. The van der Waals surface area contributed by atoms with Gasteiger partial charge in [-0.3, -0.25) is 4.79 Å². The molecular weight excluding hydrogens is 274 g/mol. The summed E-state index contributed by atoms with van der Waals surface area (Å²) in [6.07, 6.45) is 1.97. The van der Waals surface area contributed by atoms with Crippen molar-refractivity contribution in [1.82, 2.24) is 0 Å². The van der Waals surface area contributed by atoms with Crippen LogP contribution in [0.4, 0.5) is 0 Å². The second-order valence-corrected chi connectivity index (χ2v) is 5.29. The number of benzene rings is 2. The molecule has 1 unspecified atom stereocenters. The third-order valence-corrected chi connectivity index (χ3v) is 3.65. The summed E-state index contributed by atoms with van der Waals surface area (Å²) in [5.41, 5.74) is 9.67. The molecule has 22 heavy (non-hydrogen) atoms. The summed E-state index contributed by atoms with van der Waals surface area (Å²) in [6.45, 7) is 2.25. The monoisotopic (exact) mass is 297 g/mol. The normalized spacial score (nSPS) is 11.9. The lowest BCUT2D eigenvalue weighted by atomic mass is 9.98. The fourth-order valence-corrected chi connectivity index (χ4v) is 2.42. The fraction of sp³-hybridized carbons (Fsp3) is 0.316. The Morgan fingerprint density at radius 1 is 1.05 bits per heavy atom. The molecule has 3 heteroatoms. The van der Waals surface area contributed by atoms with Crippen LogP contribution in [-0.2, 0) is 9.53 Å². The molecule has 2 N–H and O–H groups in total. The molecular formula is C19H23NO2. The molecule has 2 aromatic rings. The van der Waals surface area contributed by atoms with E-state index in [2.05, 4.69) is 36.4 Å². The van der Waals surface area contributed by atoms with Gasteiger partial charge >= 0.3 is 5.97 Å². The first kappa shape index (κ1) is 16.2. The van der Waals surface area contributed by atoms with Gasteiger partial charge in [0.25, 0.3) is 0 Å². The molecule has 0 aliphatic rings. The molecule has 0 spiro atoms. The van der Waals surface area contributed by atoms with Crippen LogP contribution < -0.4 is 5.73 Å². The zero-order chi connectivity index (χ0) is 15.8. The molecule has 116 valence electrons. The van der Waals surface area contributed by atoms with E-state index in [4.69, 9.17) is 10.5 Å². The summed E-state index contributed by atoms with van der Waals surface area (Å²) in [4.78, 5) is 11.3. The van der Waals surface area contributed by atoms with Gasteiger partial charge in [-0.1, -0.05) is 54.6 Å². The number of carbonyl (C=O) groups excluding carboxylic acids is 1. The van der Waals surface area contributed by atoms with Gasteiger partial charge in [-0.05, 0) is 36.5 Å². The van der Waals surface area contributed by atoms with E-state index in [1.165, 1.54) is 11.1 Å². The molecule has 2 aromatic carbocycles. The first-order valence-corrected chi connectivity index (χ1v) is 7.77. The number of hydrogen-bond donors (Lipinski definition) is 1. The zero-order valence-corrected chi connectivity index (χ0v) is 13.0. The second-order valence-electron chi connectivity index (χ2n) is 5.29. The van der Waals surface area contributed by atoms with Gasteiger partial charge in [-0.2, -0.15) is 0 Å². The number of ether oxygens (including phenoxy) is 1. The lowest BCUT2D eigenvalue weighted by molar-refractivity contribution is -0.143. The van der Waals surface area contributed by atoms with E-state index in [1.807, 2.05) is 25.1 Å². The lowest BCUT2D eigenvalue weighted by Crippen LogP contribution is -2.11. The minimum Gasteiger partial charge on any atom is -0.466 e. The summed E-state index contributed by atoms with van der Waals surface area (Å²) in [7, 11) is 0. The van der Waals surface area contributed by atoms with E-state index in [9.17, 15) is 4.79 Å². The van der Waals surface area contributed by atoms with Crippen molar-refractivity contribution in [1.29, 1.82) is 0 Å². The maximum atomic E-state index is 11.3. The number of esters is 1. The Bertz CT molecular complexity index is 578. The number of nitrogens with two attached hydrogens (primary N) is 1. The van der Waals surface area contributed by atoms with Gasteiger partial charge in [0.15, 0.2) is 0 Å². The SMILES string of the molecule is CCOC(=O)CCCC(N)c1ccc(-c2ccccc2)cc1. The number of hydrogen-bond acceptors (Lipinski definition) is 3. The third-order valence-electron chi connectivity index (χ3n) is 3.65. The molecule has 0 heterocycles. The highest BCUT2D eigenvalue weighted by molar-refractivity contribution is 5.69. The quantitative estimate of drug-likeness (QED) is 0.783. The molecule has 0 fully saturated rings. The standard InChI is InChI=1S/C19H23NO2/c1-2-22-19(21)10-6-9-18(20)17-13-11-16(12-14-17)15-7-4-3-5-8-15/h3-5,7-8,11-14,18H,2,6,9-10,20H2,1H3. The Kier molecular flexibility index (Phi) is 6.16. The highest BCUT2D eigenvalue weighted by Crippen LogP contribution is 2.23. The smallest absolute Gasteiger partial charge is 0.305 e. The minimum absolute atomic E-state index is 0.0424. The van der Waals surface area contributed by atoms with E-state index in [-0.39, 0.29) is 12.0 Å². The van der Waals surface area contributed by atoms with E-state index in [0.29, 0.717) is 13.0 Å². The summed E-state index contributed by atoms with van der Waals surface area (Å²) in [6, 6.07) is 18.5. The Morgan fingerprint density at radius 2 is 1.68 bits per heavy atom. The van der Waals surface area contributed by atoms with Gasteiger partial charge in [-0.25, -0.2) is 0 Å². The average Bonchev–Trinajstić information content (AvgIpc) is 2.56. The lowest BCUT2D eigenvalue weighted by Gasteiger charge is -2.12. The maximum absolute atomic E-state index is 11.3. The predicted molar refractivity (Wildman–Crippen MR) is 89.3 cm³/mol. The van der Waals surface area contributed by atoms with Gasteiger partial charge < -0.3 is 10.5 Å². The maximum Gasteiger partial charge on any atom is 0.305 e. The van der Waals surface area contributed by atoms with Crippen molar-refractivity contribution in [2.24, 2.45) is 5.73 Å². The van der Waals surface area contributed by atoms with Crippen molar-refractivity contribution >= 4 is 5.97 Å². The molecule has 0 bridgehead atoms. The fourth-order valence-electron chi connectivity index (χ4n) is 2.42. The molecule has 0 saturated carbocycles. The molecule has 0 aliphatic carbocycles. The van der Waals surface area contributed by atoms with Gasteiger partial charge in [0.1, 0.15) is 0 Å². The van der Waals surface area contributed by atoms with Crippen molar-refractivity contribution in [2.45, 2.75) is 32.2 Å². The molecule has 0 amide bonds. The molecule has 1 atom stereocenters. The minimum atomic E-state index is -0.144. The summed E-state index contributed by atoms with van der Waals surface area (Å²) in [5, 5.41) is 0. The van der Waals surface area contributed by atoms with Gasteiger partial charge in [0.05, 0.1) is 6.61 Å². The van der Waals surface area contributed by atoms with E-state index >= 15 is 0 Å². The summed E-state index contributed by atoms with van der Waals surface area (Å²) < 4.78 is 4.91. The third kappa shape index (κ3) is 4.71. The predicted octanol–water partition coefficient (Wildman–Crippen LogP) is 4.09. The second kappa shape index (κ2) is 8.35. The van der Waals surface area contributed by atoms with Crippen molar-refractivity contribution in [2.75, 3.05) is 6.61 Å². The largest absolute Gasteiger partial charge is 0.466 e. The summed E-state index contributed by atoms with van der Waals surface area (Å²) in [5.74, 6) is -0.144. The molecule has 0 aromatic heterocycles. The van der Waals surface area contributed by atoms with Gasteiger partial charge in [0.2, 0.25) is 0 Å². The summed E-state index contributed by atoms with van der Waals surface area (Å²) >= 11 is 0. The number of rotatable bonds is 7. The van der Waals surface area contributed by atoms with Crippen LogP contribution in [0.1, 0.15) is 37.8 Å². The molecule has 0 saturated heterocycles. The topological polar surface area (TPSA) is 52.3 Å². The van der Waals surface area contributed by atoms with Crippen LogP contribution in [0.3, 0.4) is 0 Å². The highest BCUT2D eigenvalue weighted by atomic mass is 16.5. The van der Waals surface area contributed by atoms with Crippen molar-refractivity contribution in [3.63, 3.8) is 0 Å². The Hall–Kier alpha value is -2.13. The van der Waals surface area contributed by atoms with Crippen LogP contribution in [0.2, 0.25) is 0 Å². The van der Waals surface area contributed by atoms with E-state index < -0.39 is 0 Å². The van der Waals surface area contributed by atoms with Crippen LogP contribution in [0.5, 0.6) is 0 Å². The van der Waals surface area contributed by atoms with E-state index in [0.717, 1.165) is 18.4 Å². The number of carbonyl (C=O) groups is 1. The Labute approximate surface area is 132 Å². The van der Waals surface area contributed by atoms with Crippen LogP contribution in [0, 0.1) is 0 Å². The zero-order valence-electron chi connectivity index (χ0n) is 13.0. The first-order chi connectivity index (χ1) is 10.7. The Morgan fingerprint density at radius 3 is 2.32 bits per heavy atom. The molecule has 0 aliphatic heterocycles. The molecule has 3 nitrogen and oxygen atoms in total.